The lowest BCUT2D eigenvalue weighted by Gasteiger charge is -2.34. The molecular formula is C12H23NO2. The number of aliphatic carboxylic acids is 1. The highest BCUT2D eigenvalue weighted by atomic mass is 16.4. The normalized spacial score (nSPS) is 20.5. The molecule has 1 fully saturated rings. The molecule has 0 bridgehead atoms. The van der Waals surface area contributed by atoms with Crippen molar-refractivity contribution in [2.75, 3.05) is 13.1 Å². The summed E-state index contributed by atoms with van der Waals surface area (Å²) < 4.78 is 0. The van der Waals surface area contributed by atoms with E-state index in [1.807, 2.05) is 13.8 Å². The summed E-state index contributed by atoms with van der Waals surface area (Å²) in [5.74, 6) is -0.262. The van der Waals surface area contributed by atoms with Crippen LogP contribution in [-0.4, -0.2) is 35.1 Å². The Hall–Kier alpha value is -0.570. The summed E-state index contributed by atoms with van der Waals surface area (Å²) in [7, 11) is 0. The van der Waals surface area contributed by atoms with Gasteiger partial charge in [0.2, 0.25) is 0 Å². The maximum absolute atomic E-state index is 11.3. The van der Waals surface area contributed by atoms with Crippen LogP contribution in [0.15, 0.2) is 0 Å². The zero-order chi connectivity index (χ0) is 11.3. The van der Waals surface area contributed by atoms with Crippen LogP contribution in [0.25, 0.3) is 0 Å². The van der Waals surface area contributed by atoms with Gasteiger partial charge in [-0.2, -0.15) is 0 Å². The van der Waals surface area contributed by atoms with Crippen molar-refractivity contribution in [2.45, 2.75) is 52.0 Å². The first-order chi connectivity index (χ1) is 7.20. The molecule has 0 aromatic heterocycles. The minimum absolute atomic E-state index is 0.250. The van der Waals surface area contributed by atoms with Crippen LogP contribution in [0.5, 0.6) is 0 Å². The lowest BCUT2D eigenvalue weighted by Crippen LogP contribution is -2.46. The Bertz CT molecular complexity index is 196. The first-order valence-electron chi connectivity index (χ1n) is 6.17. The van der Waals surface area contributed by atoms with Crippen molar-refractivity contribution in [2.24, 2.45) is 5.92 Å². The van der Waals surface area contributed by atoms with Crippen LogP contribution in [0.4, 0.5) is 0 Å². The summed E-state index contributed by atoms with van der Waals surface area (Å²) in [6, 6.07) is -0.250. The molecule has 1 atom stereocenters. The van der Waals surface area contributed by atoms with Crippen LogP contribution in [0.3, 0.4) is 0 Å². The van der Waals surface area contributed by atoms with Crippen molar-refractivity contribution in [1.82, 2.24) is 4.90 Å². The number of likely N-dealkylation sites (N-methyl/N-ethyl adjacent to an activating group) is 1. The molecule has 0 saturated heterocycles. The molecule has 0 amide bonds. The van der Waals surface area contributed by atoms with Crippen molar-refractivity contribution >= 4 is 5.97 Å². The van der Waals surface area contributed by atoms with Crippen LogP contribution in [-0.2, 0) is 4.79 Å². The van der Waals surface area contributed by atoms with Gasteiger partial charge in [-0.1, -0.05) is 33.1 Å². The van der Waals surface area contributed by atoms with Crippen LogP contribution >= 0.6 is 0 Å². The monoisotopic (exact) mass is 213 g/mol. The van der Waals surface area contributed by atoms with Gasteiger partial charge in [0.1, 0.15) is 6.04 Å². The van der Waals surface area contributed by atoms with Gasteiger partial charge >= 0.3 is 5.97 Å². The number of carboxylic acid groups (broad SMARTS) is 1. The smallest absolute Gasteiger partial charge is 0.321 e. The predicted octanol–water partition coefficient (Wildman–Crippen LogP) is 2.36. The first kappa shape index (κ1) is 12.5. The van der Waals surface area contributed by atoms with E-state index in [1.165, 1.54) is 19.3 Å². The molecule has 0 heterocycles. The highest BCUT2D eigenvalue weighted by Gasteiger charge is 2.32. The van der Waals surface area contributed by atoms with Crippen molar-refractivity contribution in [1.29, 1.82) is 0 Å². The molecule has 0 radical (unpaired) electrons. The van der Waals surface area contributed by atoms with Crippen molar-refractivity contribution in [3.63, 3.8) is 0 Å². The Balaban J connectivity index is 2.66. The highest BCUT2D eigenvalue weighted by molar-refractivity contribution is 5.73. The fourth-order valence-electron chi connectivity index (χ4n) is 2.72. The molecule has 0 aromatic rings. The van der Waals surface area contributed by atoms with E-state index in [0.29, 0.717) is 5.92 Å². The van der Waals surface area contributed by atoms with Crippen LogP contribution in [0, 0.1) is 5.92 Å². The number of rotatable bonds is 5. The largest absolute Gasteiger partial charge is 0.480 e. The van der Waals surface area contributed by atoms with Gasteiger partial charge in [0.25, 0.3) is 0 Å². The number of carboxylic acids is 1. The number of nitrogens with zero attached hydrogens (tertiary/aromatic N) is 1. The van der Waals surface area contributed by atoms with E-state index in [-0.39, 0.29) is 6.04 Å². The average molecular weight is 213 g/mol. The summed E-state index contributed by atoms with van der Waals surface area (Å²) in [4.78, 5) is 13.4. The van der Waals surface area contributed by atoms with Gasteiger partial charge in [0, 0.05) is 0 Å². The number of carbonyl (C=O) groups is 1. The Kier molecular flexibility index (Phi) is 5.09. The van der Waals surface area contributed by atoms with Gasteiger partial charge in [-0.3, -0.25) is 9.69 Å². The van der Waals surface area contributed by atoms with Gasteiger partial charge < -0.3 is 5.11 Å². The second kappa shape index (κ2) is 6.11. The van der Waals surface area contributed by atoms with E-state index < -0.39 is 5.97 Å². The van der Waals surface area contributed by atoms with Gasteiger partial charge in [0.05, 0.1) is 0 Å². The quantitative estimate of drug-likeness (QED) is 0.762. The van der Waals surface area contributed by atoms with Crippen molar-refractivity contribution in [3.05, 3.63) is 0 Å². The second-order valence-corrected chi connectivity index (χ2v) is 4.40. The summed E-state index contributed by atoms with van der Waals surface area (Å²) in [5, 5.41) is 9.32. The lowest BCUT2D eigenvalue weighted by atomic mass is 9.83. The third kappa shape index (κ3) is 3.20. The van der Waals surface area contributed by atoms with Gasteiger partial charge in [0.15, 0.2) is 0 Å². The molecule has 1 aliphatic rings. The van der Waals surface area contributed by atoms with E-state index in [2.05, 4.69) is 4.90 Å². The Morgan fingerprint density at radius 1 is 1.27 bits per heavy atom. The molecule has 1 saturated carbocycles. The molecule has 1 rings (SSSR count). The second-order valence-electron chi connectivity index (χ2n) is 4.40. The highest BCUT2D eigenvalue weighted by Crippen LogP contribution is 2.29. The number of hydrogen-bond donors (Lipinski definition) is 1. The molecule has 88 valence electrons. The molecular weight excluding hydrogens is 190 g/mol. The summed E-state index contributed by atoms with van der Waals surface area (Å²) >= 11 is 0. The Morgan fingerprint density at radius 3 is 2.20 bits per heavy atom. The maximum Gasteiger partial charge on any atom is 0.321 e. The van der Waals surface area contributed by atoms with Gasteiger partial charge in [-0.05, 0) is 31.8 Å². The van der Waals surface area contributed by atoms with Crippen molar-refractivity contribution < 1.29 is 9.90 Å². The molecule has 1 N–H and O–H groups in total. The topological polar surface area (TPSA) is 40.5 Å². The van der Waals surface area contributed by atoms with E-state index in [1.54, 1.807) is 0 Å². The zero-order valence-electron chi connectivity index (χ0n) is 9.91. The van der Waals surface area contributed by atoms with E-state index in [0.717, 1.165) is 25.9 Å². The average Bonchev–Trinajstić information content (AvgIpc) is 2.26. The molecule has 15 heavy (non-hydrogen) atoms. The van der Waals surface area contributed by atoms with Crippen molar-refractivity contribution in [3.8, 4) is 0 Å². The molecule has 3 nitrogen and oxygen atoms in total. The standard InChI is InChI=1S/C12H23NO2/c1-3-13(4-2)11(12(14)15)10-8-6-5-7-9-10/h10-11H,3-9H2,1-2H3,(H,14,15). The Labute approximate surface area is 92.5 Å². The van der Waals surface area contributed by atoms with E-state index in [9.17, 15) is 9.90 Å². The zero-order valence-corrected chi connectivity index (χ0v) is 9.91. The van der Waals surface area contributed by atoms with E-state index >= 15 is 0 Å². The minimum Gasteiger partial charge on any atom is -0.480 e. The predicted molar refractivity (Wildman–Crippen MR) is 60.9 cm³/mol. The molecule has 3 heteroatoms. The Morgan fingerprint density at radius 2 is 1.80 bits per heavy atom. The summed E-state index contributed by atoms with van der Waals surface area (Å²) in [5.41, 5.74) is 0. The molecule has 1 aliphatic carbocycles. The molecule has 0 aliphatic heterocycles. The molecule has 1 unspecified atom stereocenters. The molecule has 0 spiro atoms. The third-order valence-corrected chi connectivity index (χ3v) is 3.56. The SMILES string of the molecule is CCN(CC)C(C(=O)O)C1CCCCC1. The van der Waals surface area contributed by atoms with Crippen LogP contribution < -0.4 is 0 Å². The fraction of sp³-hybridized carbons (Fsp3) is 0.917. The maximum atomic E-state index is 11.3. The number of hydrogen-bond acceptors (Lipinski definition) is 2. The van der Waals surface area contributed by atoms with Gasteiger partial charge in [-0.25, -0.2) is 0 Å². The molecule has 0 aromatic carbocycles. The van der Waals surface area contributed by atoms with Crippen LogP contribution in [0.1, 0.15) is 46.0 Å². The first-order valence-corrected chi connectivity index (χ1v) is 6.17. The minimum atomic E-state index is -0.634. The third-order valence-electron chi connectivity index (χ3n) is 3.56. The van der Waals surface area contributed by atoms with E-state index in [4.69, 9.17) is 0 Å². The summed E-state index contributed by atoms with van der Waals surface area (Å²) in [6.07, 6.45) is 5.87. The van der Waals surface area contributed by atoms with Gasteiger partial charge in [-0.15, -0.1) is 0 Å². The lowest BCUT2D eigenvalue weighted by molar-refractivity contribution is -0.146. The van der Waals surface area contributed by atoms with Crippen LogP contribution in [0.2, 0.25) is 0 Å². The fourth-order valence-corrected chi connectivity index (χ4v) is 2.72. The summed E-state index contributed by atoms with van der Waals surface area (Å²) in [6.45, 7) is 5.76.